The second kappa shape index (κ2) is 8.84. The molecule has 2 rings (SSSR count). The fourth-order valence-electron chi connectivity index (χ4n) is 1.95. The molecule has 0 aliphatic heterocycles. The molecule has 2 amide bonds. The van der Waals surface area contributed by atoms with Gasteiger partial charge in [0.1, 0.15) is 0 Å². The molecule has 8 heteroatoms. The molecule has 0 unspecified atom stereocenters. The monoisotopic (exact) mass is 405 g/mol. The molecule has 2 aromatic rings. The number of hydrogen-bond donors (Lipinski definition) is 2. The summed E-state index contributed by atoms with van der Waals surface area (Å²) in [5.74, 6) is -0.703. The number of benzene rings is 2. The van der Waals surface area contributed by atoms with E-state index in [9.17, 15) is 9.59 Å². The van der Waals surface area contributed by atoms with Crippen LogP contribution in [0, 0.1) is 0 Å². The number of methoxy groups -OCH3 is 2. The summed E-state index contributed by atoms with van der Waals surface area (Å²) in [7, 11) is 3.02. The average molecular weight is 406 g/mol. The summed E-state index contributed by atoms with van der Waals surface area (Å²) >= 11 is 3.29. The normalized spacial score (nSPS) is 10.4. The largest absolute Gasteiger partial charge is 0.493 e. The van der Waals surface area contributed by atoms with Crippen LogP contribution in [-0.4, -0.2) is 32.2 Å². The zero-order valence-electron chi connectivity index (χ0n) is 13.6. The third-order valence-electron chi connectivity index (χ3n) is 3.11. The van der Waals surface area contributed by atoms with Crippen molar-refractivity contribution >= 4 is 39.6 Å². The molecule has 0 bridgehead atoms. The first kappa shape index (κ1) is 18.5. The maximum Gasteiger partial charge on any atom is 0.329 e. The third-order valence-corrected chi connectivity index (χ3v) is 3.64. The lowest BCUT2D eigenvalue weighted by molar-refractivity contribution is -0.136. The highest BCUT2D eigenvalue weighted by Crippen LogP contribution is 2.29. The Morgan fingerprint density at radius 2 is 1.76 bits per heavy atom. The Bertz CT molecular complexity index is 791. The standard InChI is InChI=1S/C17H16BrN3O4/c1-24-14-5-3-4-11(15(14)25-2)10-19-21-17(23)16(22)20-13-8-6-12(18)7-9-13/h3-10H,1-2H3,(H,20,22)(H,21,23)/b19-10+. The average Bonchev–Trinajstić information content (AvgIpc) is 2.63. The minimum absolute atomic E-state index is 0.474. The lowest BCUT2D eigenvalue weighted by atomic mass is 10.2. The Morgan fingerprint density at radius 3 is 2.40 bits per heavy atom. The van der Waals surface area contributed by atoms with Gasteiger partial charge in [-0.1, -0.05) is 22.0 Å². The van der Waals surface area contributed by atoms with Crippen molar-refractivity contribution in [3.05, 3.63) is 52.5 Å². The molecule has 0 aromatic heterocycles. The van der Waals surface area contributed by atoms with Gasteiger partial charge in [-0.3, -0.25) is 9.59 Å². The number of para-hydroxylation sites is 1. The summed E-state index contributed by atoms with van der Waals surface area (Å²) < 4.78 is 11.3. The third kappa shape index (κ3) is 5.05. The van der Waals surface area contributed by atoms with Gasteiger partial charge >= 0.3 is 11.8 Å². The Morgan fingerprint density at radius 1 is 1.04 bits per heavy atom. The molecule has 0 spiro atoms. The molecule has 0 radical (unpaired) electrons. The van der Waals surface area contributed by atoms with E-state index in [1.165, 1.54) is 20.4 Å². The highest BCUT2D eigenvalue weighted by atomic mass is 79.9. The maximum absolute atomic E-state index is 11.8. The van der Waals surface area contributed by atoms with E-state index in [1.54, 1.807) is 42.5 Å². The van der Waals surface area contributed by atoms with E-state index in [-0.39, 0.29) is 0 Å². The van der Waals surface area contributed by atoms with Crippen LogP contribution in [0.5, 0.6) is 11.5 Å². The van der Waals surface area contributed by atoms with Crippen molar-refractivity contribution in [3.8, 4) is 11.5 Å². The van der Waals surface area contributed by atoms with Crippen LogP contribution in [0.1, 0.15) is 5.56 Å². The maximum atomic E-state index is 11.8. The zero-order chi connectivity index (χ0) is 18.2. The molecule has 2 aromatic carbocycles. The van der Waals surface area contributed by atoms with E-state index >= 15 is 0 Å². The summed E-state index contributed by atoms with van der Waals surface area (Å²) in [5, 5.41) is 6.24. The molecule has 25 heavy (non-hydrogen) atoms. The van der Waals surface area contributed by atoms with E-state index in [2.05, 4.69) is 31.8 Å². The van der Waals surface area contributed by atoms with Gasteiger partial charge in [-0.05, 0) is 36.4 Å². The van der Waals surface area contributed by atoms with Crippen molar-refractivity contribution in [2.75, 3.05) is 19.5 Å². The lowest BCUT2D eigenvalue weighted by Crippen LogP contribution is -2.32. The van der Waals surface area contributed by atoms with Gasteiger partial charge in [0.05, 0.1) is 20.4 Å². The minimum Gasteiger partial charge on any atom is -0.493 e. The molecular weight excluding hydrogens is 390 g/mol. The number of hydrogen-bond acceptors (Lipinski definition) is 5. The molecule has 2 N–H and O–H groups in total. The van der Waals surface area contributed by atoms with Crippen LogP contribution in [0.25, 0.3) is 0 Å². The van der Waals surface area contributed by atoms with Crippen LogP contribution in [0.15, 0.2) is 52.0 Å². The van der Waals surface area contributed by atoms with Gasteiger partial charge in [0.25, 0.3) is 0 Å². The second-order valence-electron chi connectivity index (χ2n) is 4.74. The number of nitrogens with zero attached hydrogens (tertiary/aromatic N) is 1. The predicted molar refractivity (Wildman–Crippen MR) is 98.1 cm³/mol. The molecular formula is C17H16BrN3O4. The van der Waals surface area contributed by atoms with E-state index in [1.807, 2.05) is 0 Å². The number of carbonyl (C=O) groups excluding carboxylic acids is 2. The first-order valence-corrected chi connectivity index (χ1v) is 7.95. The summed E-state index contributed by atoms with van der Waals surface area (Å²) in [5.41, 5.74) is 3.26. The number of rotatable bonds is 5. The number of carbonyl (C=O) groups is 2. The first-order valence-electron chi connectivity index (χ1n) is 7.16. The van der Waals surface area contributed by atoms with Crippen LogP contribution in [0.4, 0.5) is 5.69 Å². The number of anilines is 1. The molecule has 0 aliphatic carbocycles. The smallest absolute Gasteiger partial charge is 0.329 e. The van der Waals surface area contributed by atoms with Crippen molar-refractivity contribution < 1.29 is 19.1 Å². The number of halogens is 1. The van der Waals surface area contributed by atoms with Crippen LogP contribution in [0.2, 0.25) is 0 Å². The molecule has 0 aliphatic rings. The first-order chi connectivity index (χ1) is 12.0. The van der Waals surface area contributed by atoms with Crippen molar-refractivity contribution in [2.45, 2.75) is 0 Å². The topological polar surface area (TPSA) is 89.0 Å². The van der Waals surface area contributed by atoms with Gasteiger partial charge in [-0.15, -0.1) is 0 Å². The fourth-order valence-corrected chi connectivity index (χ4v) is 2.21. The highest BCUT2D eigenvalue weighted by Gasteiger charge is 2.13. The van der Waals surface area contributed by atoms with E-state index < -0.39 is 11.8 Å². The zero-order valence-corrected chi connectivity index (χ0v) is 15.2. The van der Waals surface area contributed by atoms with Crippen LogP contribution in [-0.2, 0) is 9.59 Å². The molecule has 130 valence electrons. The summed E-state index contributed by atoms with van der Waals surface area (Å²) in [6.07, 6.45) is 1.37. The Hall–Kier alpha value is -2.87. The van der Waals surface area contributed by atoms with Gasteiger partial charge < -0.3 is 14.8 Å². The van der Waals surface area contributed by atoms with Crippen molar-refractivity contribution in [1.82, 2.24) is 5.43 Å². The molecule has 7 nitrogen and oxygen atoms in total. The Labute approximate surface area is 153 Å². The Balaban J connectivity index is 1.98. The van der Waals surface area contributed by atoms with E-state index in [0.29, 0.717) is 22.7 Å². The molecule has 0 saturated heterocycles. The fraction of sp³-hybridized carbons (Fsp3) is 0.118. The second-order valence-corrected chi connectivity index (χ2v) is 5.66. The van der Waals surface area contributed by atoms with Crippen molar-refractivity contribution in [1.29, 1.82) is 0 Å². The quantitative estimate of drug-likeness (QED) is 0.454. The van der Waals surface area contributed by atoms with Gasteiger partial charge in [-0.2, -0.15) is 5.10 Å². The molecule has 0 saturated carbocycles. The number of ether oxygens (including phenoxy) is 2. The van der Waals surface area contributed by atoms with Gasteiger partial charge in [0.15, 0.2) is 11.5 Å². The summed E-state index contributed by atoms with van der Waals surface area (Å²) in [6, 6.07) is 12.1. The van der Waals surface area contributed by atoms with Crippen LogP contribution >= 0.6 is 15.9 Å². The minimum atomic E-state index is -0.888. The van der Waals surface area contributed by atoms with Crippen molar-refractivity contribution in [3.63, 3.8) is 0 Å². The number of nitrogens with one attached hydrogen (secondary N) is 2. The predicted octanol–water partition coefficient (Wildman–Crippen LogP) is 2.56. The Kier molecular flexibility index (Phi) is 6.53. The SMILES string of the molecule is COc1cccc(/C=N/NC(=O)C(=O)Nc2ccc(Br)cc2)c1OC. The van der Waals surface area contributed by atoms with Crippen LogP contribution in [0.3, 0.4) is 0 Å². The molecule has 0 fully saturated rings. The number of hydrazone groups is 1. The van der Waals surface area contributed by atoms with E-state index in [0.717, 1.165) is 4.47 Å². The lowest BCUT2D eigenvalue weighted by Gasteiger charge is -2.09. The van der Waals surface area contributed by atoms with Crippen molar-refractivity contribution in [2.24, 2.45) is 5.10 Å². The van der Waals surface area contributed by atoms with Gasteiger partial charge in [0, 0.05) is 15.7 Å². The van der Waals surface area contributed by atoms with Gasteiger partial charge in [-0.25, -0.2) is 5.43 Å². The highest BCUT2D eigenvalue weighted by molar-refractivity contribution is 9.10. The summed E-state index contributed by atoms with van der Waals surface area (Å²) in [6.45, 7) is 0. The number of amides is 2. The molecule has 0 heterocycles. The molecule has 0 atom stereocenters. The summed E-state index contributed by atoms with van der Waals surface area (Å²) in [4.78, 5) is 23.6. The van der Waals surface area contributed by atoms with Crippen LogP contribution < -0.4 is 20.2 Å². The van der Waals surface area contributed by atoms with E-state index in [4.69, 9.17) is 9.47 Å². The van der Waals surface area contributed by atoms with Gasteiger partial charge in [0.2, 0.25) is 0 Å².